The minimum Gasteiger partial charge on any atom is -0.454 e. The zero-order valence-electron chi connectivity index (χ0n) is 18.5. The molecule has 2 aliphatic rings. The van der Waals surface area contributed by atoms with Gasteiger partial charge in [0.1, 0.15) is 5.70 Å². The van der Waals surface area contributed by atoms with Crippen LogP contribution in [0, 0.1) is 6.92 Å². The molecule has 3 amide bonds. The minimum atomic E-state index is -0.460. The van der Waals surface area contributed by atoms with Crippen molar-refractivity contribution in [2.45, 2.75) is 13.8 Å². The second kappa shape index (κ2) is 8.40. The number of para-hydroxylation sites is 1. The van der Waals surface area contributed by atoms with Crippen LogP contribution in [0.15, 0.2) is 72.4 Å². The Morgan fingerprint density at radius 1 is 0.882 bits per heavy atom. The SMILES string of the molecule is CC(=O)Nc1ccc(C2=C(Nc3ccc4c(c3)OCO4)C(=O)N(c3ccccc3C)C2=O)cc1. The van der Waals surface area contributed by atoms with Crippen molar-refractivity contribution in [1.29, 1.82) is 0 Å². The number of benzene rings is 3. The molecule has 170 valence electrons. The molecule has 3 aromatic rings. The number of aryl methyl sites for hydroxylation is 1. The fraction of sp³-hybridized carbons (Fsp3) is 0.115. The molecule has 0 aromatic heterocycles. The molecule has 0 saturated heterocycles. The van der Waals surface area contributed by atoms with Crippen LogP contribution in [-0.2, 0) is 14.4 Å². The third-order valence-electron chi connectivity index (χ3n) is 5.58. The van der Waals surface area contributed by atoms with Crippen LogP contribution < -0.4 is 25.0 Å². The Labute approximate surface area is 195 Å². The van der Waals surface area contributed by atoms with Crippen LogP contribution >= 0.6 is 0 Å². The van der Waals surface area contributed by atoms with E-state index in [4.69, 9.17) is 9.47 Å². The van der Waals surface area contributed by atoms with Gasteiger partial charge in [-0.25, -0.2) is 4.90 Å². The predicted octanol–water partition coefficient (Wildman–Crippen LogP) is 4.08. The quantitative estimate of drug-likeness (QED) is 0.563. The molecule has 0 bridgehead atoms. The van der Waals surface area contributed by atoms with E-state index in [1.165, 1.54) is 11.8 Å². The number of carbonyl (C=O) groups excluding carboxylic acids is 3. The number of anilines is 3. The fourth-order valence-corrected chi connectivity index (χ4v) is 3.99. The molecule has 2 heterocycles. The maximum atomic E-state index is 13.6. The molecule has 8 nitrogen and oxygen atoms in total. The van der Waals surface area contributed by atoms with E-state index < -0.39 is 11.8 Å². The number of rotatable bonds is 5. The molecular formula is C26H21N3O5. The molecule has 0 aliphatic carbocycles. The van der Waals surface area contributed by atoms with Crippen LogP contribution in [-0.4, -0.2) is 24.5 Å². The van der Waals surface area contributed by atoms with Gasteiger partial charge in [0.25, 0.3) is 11.8 Å². The van der Waals surface area contributed by atoms with Gasteiger partial charge in [-0.2, -0.15) is 0 Å². The molecule has 0 spiro atoms. The van der Waals surface area contributed by atoms with Gasteiger partial charge in [-0.1, -0.05) is 30.3 Å². The van der Waals surface area contributed by atoms with Crippen LogP contribution in [0.1, 0.15) is 18.1 Å². The van der Waals surface area contributed by atoms with Gasteiger partial charge in [0.05, 0.1) is 11.3 Å². The molecule has 2 aliphatic heterocycles. The summed E-state index contributed by atoms with van der Waals surface area (Å²) in [7, 11) is 0. The number of nitrogens with zero attached hydrogens (tertiary/aromatic N) is 1. The zero-order valence-corrected chi connectivity index (χ0v) is 18.5. The van der Waals surface area contributed by atoms with Crippen LogP contribution in [0.3, 0.4) is 0 Å². The second-order valence-electron chi connectivity index (χ2n) is 7.93. The lowest BCUT2D eigenvalue weighted by atomic mass is 10.0. The van der Waals surface area contributed by atoms with Gasteiger partial charge < -0.3 is 20.1 Å². The number of hydrogen-bond donors (Lipinski definition) is 2. The van der Waals surface area contributed by atoms with Crippen molar-refractivity contribution in [1.82, 2.24) is 0 Å². The molecule has 34 heavy (non-hydrogen) atoms. The highest BCUT2D eigenvalue weighted by molar-refractivity contribution is 6.46. The van der Waals surface area contributed by atoms with Crippen LogP contribution in [0.2, 0.25) is 0 Å². The number of nitrogens with one attached hydrogen (secondary N) is 2. The van der Waals surface area contributed by atoms with E-state index in [0.717, 1.165) is 5.56 Å². The maximum Gasteiger partial charge on any atom is 0.282 e. The Hall–Kier alpha value is -4.59. The summed E-state index contributed by atoms with van der Waals surface area (Å²) in [6.45, 7) is 3.40. The van der Waals surface area contributed by atoms with E-state index in [2.05, 4.69) is 10.6 Å². The summed E-state index contributed by atoms with van der Waals surface area (Å²) in [6, 6.07) is 19.2. The first-order valence-electron chi connectivity index (χ1n) is 10.7. The van der Waals surface area contributed by atoms with Crippen molar-refractivity contribution in [3.63, 3.8) is 0 Å². The van der Waals surface area contributed by atoms with Crippen LogP contribution in [0.5, 0.6) is 11.5 Å². The van der Waals surface area contributed by atoms with Crippen molar-refractivity contribution in [3.8, 4) is 11.5 Å². The van der Waals surface area contributed by atoms with Crippen molar-refractivity contribution in [3.05, 3.63) is 83.6 Å². The third-order valence-corrected chi connectivity index (χ3v) is 5.58. The van der Waals surface area contributed by atoms with E-state index in [1.807, 2.05) is 19.1 Å². The lowest BCUT2D eigenvalue weighted by Crippen LogP contribution is -2.33. The van der Waals surface area contributed by atoms with Crippen LogP contribution in [0.4, 0.5) is 17.1 Å². The highest BCUT2D eigenvalue weighted by atomic mass is 16.7. The van der Waals surface area contributed by atoms with Crippen molar-refractivity contribution in [2.75, 3.05) is 22.3 Å². The number of fused-ring (bicyclic) bond motifs is 1. The first kappa shape index (κ1) is 21.3. The maximum absolute atomic E-state index is 13.6. The summed E-state index contributed by atoms with van der Waals surface area (Å²) in [5.41, 5.74) is 3.43. The molecule has 5 rings (SSSR count). The Morgan fingerprint density at radius 2 is 1.59 bits per heavy atom. The highest BCUT2D eigenvalue weighted by Crippen LogP contribution is 2.38. The molecule has 0 saturated carbocycles. The molecule has 0 fully saturated rings. The van der Waals surface area contributed by atoms with Gasteiger partial charge in [0.15, 0.2) is 11.5 Å². The summed E-state index contributed by atoms with van der Waals surface area (Å²) in [6.07, 6.45) is 0. The van der Waals surface area contributed by atoms with E-state index in [9.17, 15) is 14.4 Å². The number of ether oxygens (including phenoxy) is 2. The number of hydrogen-bond acceptors (Lipinski definition) is 6. The van der Waals surface area contributed by atoms with E-state index in [1.54, 1.807) is 54.6 Å². The molecule has 3 aromatic carbocycles. The van der Waals surface area contributed by atoms with E-state index >= 15 is 0 Å². The van der Waals surface area contributed by atoms with Gasteiger partial charge in [0, 0.05) is 24.4 Å². The smallest absolute Gasteiger partial charge is 0.282 e. The van der Waals surface area contributed by atoms with Gasteiger partial charge in [0.2, 0.25) is 12.7 Å². The van der Waals surface area contributed by atoms with Crippen molar-refractivity contribution in [2.24, 2.45) is 0 Å². The Kier molecular flexibility index (Phi) is 5.25. The monoisotopic (exact) mass is 455 g/mol. The van der Waals surface area contributed by atoms with Gasteiger partial charge in [-0.05, 0) is 48.4 Å². The minimum absolute atomic E-state index is 0.131. The molecule has 0 unspecified atom stereocenters. The highest BCUT2D eigenvalue weighted by Gasteiger charge is 2.40. The first-order valence-corrected chi connectivity index (χ1v) is 10.7. The van der Waals surface area contributed by atoms with E-state index in [-0.39, 0.29) is 24.0 Å². The normalized spacial score (nSPS) is 14.6. The Bertz CT molecular complexity index is 1360. The third kappa shape index (κ3) is 3.75. The number of imide groups is 1. The number of carbonyl (C=O) groups is 3. The topological polar surface area (TPSA) is 97.0 Å². The molecule has 0 atom stereocenters. The fourth-order valence-electron chi connectivity index (χ4n) is 3.99. The first-order chi connectivity index (χ1) is 16.4. The summed E-state index contributed by atoms with van der Waals surface area (Å²) in [5, 5.41) is 5.83. The largest absolute Gasteiger partial charge is 0.454 e. The summed E-state index contributed by atoms with van der Waals surface area (Å²) >= 11 is 0. The lowest BCUT2D eigenvalue weighted by molar-refractivity contribution is -0.120. The molecule has 0 radical (unpaired) electrons. The van der Waals surface area contributed by atoms with Gasteiger partial charge in [-0.3, -0.25) is 14.4 Å². The predicted molar refractivity (Wildman–Crippen MR) is 128 cm³/mol. The summed E-state index contributed by atoms with van der Waals surface area (Å²) < 4.78 is 10.8. The number of amides is 3. The van der Waals surface area contributed by atoms with Gasteiger partial charge >= 0.3 is 0 Å². The Balaban J connectivity index is 1.58. The molecular weight excluding hydrogens is 434 g/mol. The standard InChI is InChI=1S/C26H21N3O5/c1-15-5-3-4-6-20(15)29-25(31)23(17-7-9-18(10-8-17)27-16(2)30)24(26(29)32)28-19-11-12-21-22(13-19)34-14-33-21/h3-13,28H,14H2,1-2H3,(H,27,30). The van der Waals surface area contributed by atoms with Crippen molar-refractivity contribution < 1.29 is 23.9 Å². The van der Waals surface area contributed by atoms with Gasteiger partial charge in [-0.15, -0.1) is 0 Å². The second-order valence-corrected chi connectivity index (χ2v) is 7.93. The lowest BCUT2D eigenvalue weighted by Gasteiger charge is -2.17. The molecule has 8 heteroatoms. The zero-order chi connectivity index (χ0) is 23.8. The average molecular weight is 455 g/mol. The van der Waals surface area contributed by atoms with Crippen LogP contribution in [0.25, 0.3) is 5.57 Å². The van der Waals surface area contributed by atoms with Crippen molar-refractivity contribution >= 4 is 40.4 Å². The summed E-state index contributed by atoms with van der Waals surface area (Å²) in [4.78, 5) is 39.7. The summed E-state index contributed by atoms with van der Waals surface area (Å²) in [5.74, 6) is 0.0747. The van der Waals surface area contributed by atoms with E-state index in [0.29, 0.717) is 34.1 Å². The Morgan fingerprint density at radius 3 is 2.32 bits per heavy atom. The molecule has 2 N–H and O–H groups in total. The average Bonchev–Trinajstić information content (AvgIpc) is 3.37.